The molecule has 0 spiro atoms. The van der Waals surface area contributed by atoms with Crippen LogP contribution in [0.25, 0.3) is 0 Å². The van der Waals surface area contributed by atoms with Crippen LogP contribution in [0.1, 0.15) is 23.5 Å². The summed E-state index contributed by atoms with van der Waals surface area (Å²) in [6, 6.07) is 20.2. The Morgan fingerprint density at radius 3 is 2.05 bits per heavy atom. The number of nitrogens with two attached hydrogens (primary N) is 1. The molecule has 3 N–H and O–H groups in total. The molecule has 0 aliphatic carbocycles. The van der Waals surface area contributed by atoms with Crippen LogP contribution in [-0.4, -0.2) is 17.5 Å². The van der Waals surface area contributed by atoms with Crippen LogP contribution in [0.3, 0.4) is 0 Å². The van der Waals surface area contributed by atoms with Gasteiger partial charge < -0.3 is 5.73 Å². The number of nitro groups is 1. The number of guanidine groups is 1. The second-order valence-corrected chi connectivity index (χ2v) is 4.80. The lowest BCUT2D eigenvalue weighted by Crippen LogP contribution is -2.36. The SMILES string of the molecule is NC(=NCCC(c1ccccc1)c1ccccc1)N[N+](=O)[O-]. The van der Waals surface area contributed by atoms with Crippen LogP contribution in [0.15, 0.2) is 65.7 Å². The molecule has 0 atom stereocenters. The lowest BCUT2D eigenvalue weighted by molar-refractivity contribution is -0.525. The third-order valence-corrected chi connectivity index (χ3v) is 3.31. The molecule has 0 saturated heterocycles. The van der Waals surface area contributed by atoms with Gasteiger partial charge in [-0.05, 0) is 17.5 Å². The largest absolute Gasteiger partial charge is 0.365 e. The number of hydrogen-bond acceptors (Lipinski definition) is 3. The Kier molecular flexibility index (Phi) is 5.48. The minimum absolute atomic E-state index is 0.176. The smallest absolute Gasteiger partial charge is 0.251 e. The fourth-order valence-corrected chi connectivity index (χ4v) is 2.34. The minimum Gasteiger partial charge on any atom is -0.365 e. The Bertz CT molecular complexity index is 590. The van der Waals surface area contributed by atoms with Crippen molar-refractivity contribution in [2.75, 3.05) is 6.54 Å². The van der Waals surface area contributed by atoms with E-state index in [1.165, 1.54) is 11.1 Å². The van der Waals surface area contributed by atoms with E-state index in [0.717, 1.165) is 0 Å². The van der Waals surface area contributed by atoms with Gasteiger partial charge in [0, 0.05) is 12.5 Å². The number of hydrazine groups is 1. The van der Waals surface area contributed by atoms with Crippen molar-refractivity contribution in [3.05, 3.63) is 81.9 Å². The lowest BCUT2D eigenvalue weighted by atomic mass is 9.89. The molecule has 0 unspecified atom stereocenters. The van der Waals surface area contributed by atoms with Crippen molar-refractivity contribution in [3.63, 3.8) is 0 Å². The van der Waals surface area contributed by atoms with Gasteiger partial charge in [0.15, 0.2) is 5.03 Å². The summed E-state index contributed by atoms with van der Waals surface area (Å²) in [7, 11) is 0. The second-order valence-electron chi connectivity index (χ2n) is 4.80. The maximum Gasteiger partial charge on any atom is 0.251 e. The number of nitrogens with zero attached hydrogens (tertiary/aromatic N) is 2. The highest BCUT2D eigenvalue weighted by atomic mass is 16.7. The third kappa shape index (κ3) is 4.59. The van der Waals surface area contributed by atoms with E-state index in [1.54, 1.807) is 0 Å². The highest BCUT2D eigenvalue weighted by molar-refractivity contribution is 5.76. The van der Waals surface area contributed by atoms with E-state index in [2.05, 4.69) is 29.3 Å². The highest BCUT2D eigenvalue weighted by Crippen LogP contribution is 2.27. The zero-order chi connectivity index (χ0) is 15.8. The topological polar surface area (TPSA) is 93.5 Å². The number of aliphatic imine (C=N–C) groups is 1. The predicted molar refractivity (Wildman–Crippen MR) is 86.0 cm³/mol. The zero-order valence-corrected chi connectivity index (χ0v) is 12.1. The van der Waals surface area contributed by atoms with Gasteiger partial charge in [0.1, 0.15) is 0 Å². The number of benzene rings is 2. The molecule has 0 heterocycles. The van der Waals surface area contributed by atoms with Crippen LogP contribution in [0, 0.1) is 10.1 Å². The summed E-state index contributed by atoms with van der Waals surface area (Å²) >= 11 is 0. The molecule has 2 rings (SSSR count). The summed E-state index contributed by atoms with van der Waals surface area (Å²) in [5.41, 5.74) is 9.65. The zero-order valence-electron chi connectivity index (χ0n) is 12.1. The lowest BCUT2D eigenvalue weighted by Gasteiger charge is -2.17. The molecule has 0 aromatic heterocycles. The molecule has 2 aromatic carbocycles. The molecule has 0 aliphatic rings. The first-order valence-corrected chi connectivity index (χ1v) is 6.97. The number of rotatable bonds is 6. The van der Waals surface area contributed by atoms with Crippen molar-refractivity contribution in [1.82, 2.24) is 5.43 Å². The Hall–Kier alpha value is -2.89. The maximum atomic E-state index is 10.3. The van der Waals surface area contributed by atoms with Crippen molar-refractivity contribution in [1.29, 1.82) is 0 Å². The average Bonchev–Trinajstić information content (AvgIpc) is 2.52. The molecule has 0 amide bonds. The Balaban J connectivity index is 2.11. The maximum absolute atomic E-state index is 10.3. The van der Waals surface area contributed by atoms with Crippen LogP contribution in [0.5, 0.6) is 0 Å². The van der Waals surface area contributed by atoms with Gasteiger partial charge >= 0.3 is 0 Å². The summed E-state index contributed by atoms with van der Waals surface area (Å²) in [6.07, 6.45) is 0.716. The van der Waals surface area contributed by atoms with Crippen molar-refractivity contribution in [2.45, 2.75) is 12.3 Å². The monoisotopic (exact) mass is 298 g/mol. The van der Waals surface area contributed by atoms with Gasteiger partial charge in [0.25, 0.3) is 5.96 Å². The summed E-state index contributed by atoms with van der Waals surface area (Å²) in [6.45, 7) is 0.404. The van der Waals surface area contributed by atoms with Crippen molar-refractivity contribution in [2.24, 2.45) is 10.7 Å². The van der Waals surface area contributed by atoms with E-state index in [1.807, 2.05) is 41.8 Å². The first-order chi connectivity index (χ1) is 10.7. The standard InChI is InChI=1S/C16H18N4O2/c17-16(19-20(21)22)18-12-11-15(13-7-3-1-4-8-13)14-9-5-2-6-10-14/h1-10,15H,11-12H2,(H3,17,18,19). The fraction of sp³-hybridized carbons (Fsp3) is 0.188. The molecule has 0 bridgehead atoms. The summed E-state index contributed by atoms with van der Waals surface area (Å²) in [4.78, 5) is 14.3. The van der Waals surface area contributed by atoms with E-state index < -0.39 is 5.03 Å². The Labute approximate surface area is 128 Å². The van der Waals surface area contributed by atoms with E-state index in [0.29, 0.717) is 13.0 Å². The van der Waals surface area contributed by atoms with Crippen LogP contribution in [0.2, 0.25) is 0 Å². The molecular formula is C16H18N4O2. The van der Waals surface area contributed by atoms with E-state index in [-0.39, 0.29) is 11.9 Å². The highest BCUT2D eigenvalue weighted by Gasteiger charge is 2.13. The van der Waals surface area contributed by atoms with Crippen LogP contribution >= 0.6 is 0 Å². The van der Waals surface area contributed by atoms with Crippen molar-refractivity contribution in [3.8, 4) is 0 Å². The summed E-state index contributed by atoms with van der Waals surface area (Å²) in [5.74, 6) is -0.000528. The van der Waals surface area contributed by atoms with Gasteiger partial charge in [0.05, 0.1) is 0 Å². The molecule has 22 heavy (non-hydrogen) atoms. The van der Waals surface area contributed by atoms with Gasteiger partial charge in [0.2, 0.25) is 0 Å². The molecule has 6 nitrogen and oxygen atoms in total. The molecule has 0 saturated carbocycles. The van der Waals surface area contributed by atoms with E-state index in [9.17, 15) is 10.1 Å². The molecule has 0 radical (unpaired) electrons. The van der Waals surface area contributed by atoms with Gasteiger partial charge in [-0.1, -0.05) is 66.1 Å². The van der Waals surface area contributed by atoms with Gasteiger partial charge in [-0.3, -0.25) is 0 Å². The predicted octanol–water partition coefficient (Wildman–Crippen LogP) is 2.30. The molecule has 114 valence electrons. The normalized spacial score (nSPS) is 11.4. The molecule has 6 heteroatoms. The van der Waals surface area contributed by atoms with E-state index >= 15 is 0 Å². The van der Waals surface area contributed by atoms with Crippen LogP contribution in [0.4, 0.5) is 0 Å². The van der Waals surface area contributed by atoms with Gasteiger partial charge in [-0.15, -0.1) is 0 Å². The molecule has 2 aromatic rings. The molecule has 0 aliphatic heterocycles. The molecule has 0 fully saturated rings. The molecular weight excluding hydrogens is 280 g/mol. The first-order valence-electron chi connectivity index (χ1n) is 6.97. The number of hydrogen-bond donors (Lipinski definition) is 2. The minimum atomic E-state index is -0.718. The van der Waals surface area contributed by atoms with Crippen LogP contribution < -0.4 is 11.2 Å². The Morgan fingerprint density at radius 2 is 1.59 bits per heavy atom. The summed E-state index contributed by atoms with van der Waals surface area (Å²) in [5, 5.41) is 9.57. The first kappa shape index (κ1) is 15.5. The third-order valence-electron chi connectivity index (χ3n) is 3.31. The van der Waals surface area contributed by atoms with Crippen molar-refractivity contribution < 1.29 is 5.03 Å². The fourth-order valence-electron chi connectivity index (χ4n) is 2.34. The summed E-state index contributed by atoms with van der Waals surface area (Å²) < 4.78 is 0. The second kappa shape index (κ2) is 7.78. The average molecular weight is 298 g/mol. The quantitative estimate of drug-likeness (QED) is 0.370. The van der Waals surface area contributed by atoms with E-state index in [4.69, 9.17) is 5.73 Å². The number of nitrogens with one attached hydrogen (secondary N) is 1. The van der Waals surface area contributed by atoms with Crippen LogP contribution in [-0.2, 0) is 0 Å². The Morgan fingerprint density at radius 1 is 1.09 bits per heavy atom. The van der Waals surface area contributed by atoms with Crippen molar-refractivity contribution >= 4 is 5.96 Å². The van der Waals surface area contributed by atoms with Gasteiger partial charge in [-0.2, -0.15) is 0 Å². The van der Waals surface area contributed by atoms with Gasteiger partial charge in [-0.25, -0.2) is 15.1 Å².